The van der Waals surface area contributed by atoms with Crippen molar-refractivity contribution in [3.05, 3.63) is 23.0 Å². The topological polar surface area (TPSA) is 95.9 Å². The molecule has 1 aliphatic carbocycles. The minimum absolute atomic E-state index is 0.105. The summed E-state index contributed by atoms with van der Waals surface area (Å²) in [6.45, 7) is -1.14. The van der Waals surface area contributed by atoms with Crippen LogP contribution in [0.3, 0.4) is 0 Å². The number of nitrogens with one attached hydrogen (secondary N) is 1. The van der Waals surface area contributed by atoms with Gasteiger partial charge in [-0.1, -0.05) is 0 Å². The van der Waals surface area contributed by atoms with Gasteiger partial charge in [0.05, 0.1) is 6.61 Å². The largest absolute Gasteiger partial charge is 0.522 e. The summed E-state index contributed by atoms with van der Waals surface area (Å²) in [5, 5.41) is 10.1. The second-order valence-electron chi connectivity index (χ2n) is 6.78. The Labute approximate surface area is 158 Å². The number of hydrogen-bond acceptors (Lipinski definition) is 5. The Morgan fingerprint density at radius 3 is 2.68 bits per heavy atom. The predicted molar refractivity (Wildman–Crippen MR) is 89.2 cm³/mol. The molecule has 156 valence electrons. The molecule has 2 N–H and O–H groups in total. The number of amides is 1. The number of ether oxygens (including phenoxy) is 1. The molecule has 1 aromatic carbocycles. The van der Waals surface area contributed by atoms with E-state index in [2.05, 4.69) is 4.74 Å². The van der Waals surface area contributed by atoms with E-state index in [0.29, 0.717) is 29.1 Å². The number of phenolic OH excluding ortho intramolecular Hbond substituents is 1. The fraction of sp³-hybridized carbons (Fsp3) is 0.562. The molecule has 1 fully saturated rings. The number of halogens is 4. The Bertz CT molecular complexity index is 888. The molecule has 12 heteroatoms. The van der Waals surface area contributed by atoms with Gasteiger partial charge in [0.2, 0.25) is 0 Å². The van der Waals surface area contributed by atoms with Crippen molar-refractivity contribution in [2.24, 2.45) is 5.92 Å². The summed E-state index contributed by atoms with van der Waals surface area (Å²) < 4.78 is 81.0. The molecule has 1 unspecified atom stereocenters. The van der Waals surface area contributed by atoms with Crippen molar-refractivity contribution in [1.82, 2.24) is 4.72 Å². The lowest BCUT2D eigenvalue weighted by Gasteiger charge is -2.27. The van der Waals surface area contributed by atoms with Crippen LogP contribution in [-0.2, 0) is 32.6 Å². The maximum Gasteiger partial charge on any atom is 0.522 e. The Morgan fingerprint density at radius 1 is 1.36 bits per heavy atom. The zero-order valence-electron chi connectivity index (χ0n) is 14.6. The van der Waals surface area contributed by atoms with Crippen LogP contribution in [0.2, 0.25) is 0 Å². The van der Waals surface area contributed by atoms with E-state index in [4.69, 9.17) is 0 Å². The maximum absolute atomic E-state index is 15.1. The van der Waals surface area contributed by atoms with Gasteiger partial charge in [-0.3, -0.25) is 9.53 Å². The molecule has 1 aliphatic heterocycles. The van der Waals surface area contributed by atoms with Gasteiger partial charge in [0.15, 0.2) is 5.82 Å². The summed E-state index contributed by atoms with van der Waals surface area (Å²) in [7, 11) is -4.30. The normalized spacial score (nSPS) is 21.5. The molecule has 1 aromatic rings. The zero-order valence-corrected chi connectivity index (χ0v) is 15.4. The lowest BCUT2D eigenvalue weighted by Crippen LogP contribution is -2.31. The molecule has 0 bridgehead atoms. The third kappa shape index (κ3) is 4.32. The van der Waals surface area contributed by atoms with Crippen LogP contribution in [0.15, 0.2) is 6.07 Å². The van der Waals surface area contributed by atoms with Crippen molar-refractivity contribution in [2.75, 3.05) is 17.5 Å². The molecule has 1 heterocycles. The smallest absolute Gasteiger partial charge is 0.506 e. The standard InChI is InChI=1S/C16H18F4N2O5S/c17-14-11-6-9(2-1-5-27-16(18,19)20)3-4-10(11)7-12(23)15(14)22-8-13(24)21-28(22,25)26/h7,9,23H,1-6,8H2,(H,21,24). The first-order chi connectivity index (χ1) is 13.0. The van der Waals surface area contributed by atoms with Crippen molar-refractivity contribution in [1.29, 1.82) is 0 Å². The number of phenols is 1. The van der Waals surface area contributed by atoms with Crippen molar-refractivity contribution in [2.45, 2.75) is 38.5 Å². The van der Waals surface area contributed by atoms with E-state index in [1.54, 1.807) is 4.72 Å². The first-order valence-corrected chi connectivity index (χ1v) is 9.99. The van der Waals surface area contributed by atoms with Gasteiger partial charge in [0.1, 0.15) is 18.0 Å². The Kier molecular flexibility index (Phi) is 5.45. The van der Waals surface area contributed by atoms with Gasteiger partial charge in [-0.15, -0.1) is 13.2 Å². The molecule has 0 saturated carbocycles. The molecule has 1 saturated heterocycles. The first kappa shape index (κ1) is 20.6. The van der Waals surface area contributed by atoms with Crippen molar-refractivity contribution in [3.8, 4) is 5.75 Å². The Morgan fingerprint density at radius 2 is 2.07 bits per heavy atom. The highest BCUT2D eigenvalue weighted by Crippen LogP contribution is 2.41. The maximum atomic E-state index is 15.1. The van der Waals surface area contributed by atoms with Crippen LogP contribution in [0.1, 0.15) is 30.4 Å². The lowest BCUT2D eigenvalue weighted by atomic mass is 9.81. The van der Waals surface area contributed by atoms with E-state index < -0.39 is 52.9 Å². The highest BCUT2D eigenvalue weighted by atomic mass is 32.2. The fourth-order valence-corrected chi connectivity index (χ4v) is 4.76. The number of hydrogen-bond donors (Lipinski definition) is 2. The van der Waals surface area contributed by atoms with E-state index in [0.717, 1.165) is 0 Å². The molecule has 0 aromatic heterocycles. The van der Waals surface area contributed by atoms with Crippen LogP contribution in [-0.4, -0.2) is 38.9 Å². The third-order valence-corrected chi connectivity index (χ3v) is 6.20. The van der Waals surface area contributed by atoms with Gasteiger partial charge in [-0.2, -0.15) is 8.42 Å². The summed E-state index contributed by atoms with van der Waals surface area (Å²) in [4.78, 5) is 11.4. The molecule has 7 nitrogen and oxygen atoms in total. The molecule has 0 radical (unpaired) electrons. The summed E-state index contributed by atoms with van der Waals surface area (Å²) in [5.74, 6) is -2.48. The SMILES string of the molecule is O=C1CN(c2c(O)cc3c(c2F)CC(CCCOC(F)(F)F)CC3)S(=O)(=O)N1. The number of anilines is 1. The number of fused-ring (bicyclic) bond motifs is 1. The van der Waals surface area contributed by atoms with Crippen LogP contribution < -0.4 is 9.03 Å². The number of aryl methyl sites for hydroxylation is 1. The van der Waals surface area contributed by atoms with Crippen LogP contribution in [0.4, 0.5) is 23.2 Å². The number of carbonyl (C=O) groups excluding carboxylic acids is 1. The molecule has 1 atom stereocenters. The highest BCUT2D eigenvalue weighted by molar-refractivity contribution is 7.92. The number of aromatic hydroxyl groups is 1. The quantitative estimate of drug-likeness (QED) is 0.556. The third-order valence-electron chi connectivity index (χ3n) is 4.82. The van der Waals surface area contributed by atoms with Crippen LogP contribution >= 0.6 is 0 Å². The fourth-order valence-electron chi connectivity index (χ4n) is 3.60. The van der Waals surface area contributed by atoms with Crippen LogP contribution in [0.25, 0.3) is 0 Å². The molecular formula is C16H18F4N2O5S. The Hall–Kier alpha value is -2.08. The van der Waals surface area contributed by atoms with Gasteiger partial charge < -0.3 is 5.11 Å². The minimum Gasteiger partial charge on any atom is -0.506 e. The van der Waals surface area contributed by atoms with Crippen LogP contribution in [0, 0.1) is 11.7 Å². The second-order valence-corrected chi connectivity index (χ2v) is 8.37. The lowest BCUT2D eigenvalue weighted by molar-refractivity contribution is -0.324. The minimum atomic E-state index is -4.69. The zero-order chi connectivity index (χ0) is 20.7. The van der Waals surface area contributed by atoms with Gasteiger partial charge in [0.25, 0.3) is 5.91 Å². The number of benzene rings is 1. The molecule has 1 amide bonds. The predicted octanol–water partition coefficient (Wildman–Crippen LogP) is 2.13. The average molecular weight is 426 g/mol. The summed E-state index contributed by atoms with van der Waals surface area (Å²) in [5.41, 5.74) is 0.117. The molecular weight excluding hydrogens is 408 g/mol. The van der Waals surface area contributed by atoms with Crippen molar-refractivity contribution in [3.63, 3.8) is 0 Å². The molecule has 0 spiro atoms. The van der Waals surface area contributed by atoms with Gasteiger partial charge >= 0.3 is 16.6 Å². The summed E-state index contributed by atoms with van der Waals surface area (Å²) in [6, 6.07) is 1.27. The van der Waals surface area contributed by atoms with Gasteiger partial charge in [0, 0.05) is 0 Å². The second kappa shape index (κ2) is 7.39. The number of carbonyl (C=O) groups is 1. The average Bonchev–Trinajstić information content (AvgIpc) is 2.83. The number of alkyl halides is 3. The van der Waals surface area contributed by atoms with Gasteiger partial charge in [-0.05, 0) is 55.2 Å². The summed E-state index contributed by atoms with van der Waals surface area (Å²) in [6.07, 6.45) is -2.98. The Balaban J connectivity index is 1.78. The summed E-state index contributed by atoms with van der Waals surface area (Å²) >= 11 is 0. The van der Waals surface area contributed by atoms with E-state index >= 15 is 4.39 Å². The van der Waals surface area contributed by atoms with E-state index in [-0.39, 0.29) is 24.3 Å². The number of rotatable bonds is 5. The highest BCUT2D eigenvalue weighted by Gasteiger charge is 2.39. The molecule has 3 rings (SSSR count). The first-order valence-electron chi connectivity index (χ1n) is 8.55. The van der Waals surface area contributed by atoms with Crippen LogP contribution in [0.5, 0.6) is 5.75 Å². The van der Waals surface area contributed by atoms with Crippen molar-refractivity contribution < 1.29 is 40.6 Å². The molecule has 2 aliphatic rings. The molecule has 28 heavy (non-hydrogen) atoms. The van der Waals surface area contributed by atoms with E-state index in [9.17, 15) is 31.5 Å². The monoisotopic (exact) mass is 426 g/mol. The van der Waals surface area contributed by atoms with Gasteiger partial charge in [-0.25, -0.2) is 13.4 Å². The van der Waals surface area contributed by atoms with E-state index in [1.165, 1.54) is 6.07 Å². The van der Waals surface area contributed by atoms with Crippen molar-refractivity contribution >= 4 is 21.8 Å². The number of nitrogens with zero attached hydrogens (tertiary/aromatic N) is 1. The van der Waals surface area contributed by atoms with E-state index in [1.807, 2.05) is 0 Å².